The molecule has 4 heterocycles. The zero-order valence-corrected chi connectivity index (χ0v) is 23.0. The Balaban J connectivity index is 1.04. The quantitative estimate of drug-likeness (QED) is 0.339. The maximum Gasteiger partial charge on any atom is 0.262 e. The topological polar surface area (TPSA) is 107 Å². The second-order valence-corrected chi connectivity index (χ2v) is 10.8. The van der Waals surface area contributed by atoms with E-state index in [-0.39, 0.29) is 29.6 Å². The van der Waals surface area contributed by atoms with Crippen LogP contribution in [0.15, 0.2) is 65.5 Å². The number of benzene rings is 3. The van der Waals surface area contributed by atoms with E-state index in [1.807, 2.05) is 42.5 Å². The molecular formula is C30H28N4O6S. The number of rotatable bonds is 5. The van der Waals surface area contributed by atoms with Gasteiger partial charge >= 0.3 is 0 Å². The molecule has 3 aromatic carbocycles. The van der Waals surface area contributed by atoms with Crippen LogP contribution in [-0.4, -0.2) is 54.3 Å². The van der Waals surface area contributed by atoms with Crippen LogP contribution in [0, 0.1) is 4.77 Å². The number of carbonyl (C=O) groups excluding carboxylic acids is 1. The monoisotopic (exact) mass is 572 g/mol. The molecule has 0 unspecified atom stereocenters. The molecule has 7 rings (SSSR count). The number of H-pyrrole nitrogens is 1. The fourth-order valence-corrected chi connectivity index (χ4v) is 5.87. The summed E-state index contributed by atoms with van der Waals surface area (Å²) in [5.74, 6) is 0.634. The summed E-state index contributed by atoms with van der Waals surface area (Å²) in [7, 11) is 0. The summed E-state index contributed by atoms with van der Waals surface area (Å²) in [6, 6.07) is 18.3. The summed E-state index contributed by atoms with van der Waals surface area (Å²) in [6.07, 6.45) is 1.67. The smallest absolute Gasteiger partial charge is 0.262 e. The van der Waals surface area contributed by atoms with E-state index in [2.05, 4.69) is 15.2 Å². The number of fused-ring (bicyclic) bond motifs is 2. The lowest BCUT2D eigenvalue weighted by Crippen LogP contribution is -2.45. The Morgan fingerprint density at radius 2 is 1.71 bits per heavy atom. The molecule has 0 radical (unpaired) electrons. The standard InChI is InChI=1S/C30H28N4O6S/c35-27(31-21-3-5-22(6-4-21)33-11-9-30(10-12-33)39-13-14-40-30)20-2-7-23-24(16-20)32-29(41)34(28(23)36)17-19-1-8-25-26(15-19)38-18-37-25/h1-8,15-16H,9-14,17-18H2,(H,31,35)(H,32,41). The average molecular weight is 573 g/mol. The van der Waals surface area contributed by atoms with Gasteiger partial charge in [0, 0.05) is 42.9 Å². The molecule has 41 heavy (non-hydrogen) atoms. The number of aromatic amines is 1. The normalized spacial score (nSPS) is 17.3. The van der Waals surface area contributed by atoms with Gasteiger partial charge in [-0.25, -0.2) is 0 Å². The minimum atomic E-state index is -0.409. The molecular weight excluding hydrogens is 544 g/mol. The largest absolute Gasteiger partial charge is 0.454 e. The van der Waals surface area contributed by atoms with Gasteiger partial charge in [0.05, 0.1) is 30.7 Å². The fourth-order valence-electron chi connectivity index (χ4n) is 5.61. The second-order valence-electron chi connectivity index (χ2n) is 10.4. The summed E-state index contributed by atoms with van der Waals surface area (Å²) in [5, 5.41) is 3.39. The van der Waals surface area contributed by atoms with Crippen LogP contribution in [0.5, 0.6) is 11.5 Å². The summed E-state index contributed by atoms with van der Waals surface area (Å²) < 4.78 is 24.2. The molecule has 3 aliphatic rings. The van der Waals surface area contributed by atoms with E-state index in [1.54, 1.807) is 18.2 Å². The van der Waals surface area contributed by atoms with Gasteiger partial charge in [-0.2, -0.15) is 0 Å². The van der Waals surface area contributed by atoms with E-state index in [1.165, 1.54) is 4.57 Å². The Bertz CT molecular complexity index is 1750. The Kier molecular flexibility index (Phi) is 6.49. The third-order valence-corrected chi connectivity index (χ3v) is 8.17. The first-order valence-electron chi connectivity index (χ1n) is 13.6. The molecule has 4 aromatic rings. The molecule has 0 saturated carbocycles. The van der Waals surface area contributed by atoms with E-state index in [0.29, 0.717) is 46.9 Å². The SMILES string of the molecule is O=C(Nc1ccc(N2CCC3(CC2)OCCO3)cc1)c1ccc2c(=O)n(Cc3ccc4c(c3)OCO4)c(=S)[nH]c2c1. The summed E-state index contributed by atoms with van der Waals surface area (Å²) in [4.78, 5) is 31.8. The second kappa shape index (κ2) is 10.3. The molecule has 210 valence electrons. The van der Waals surface area contributed by atoms with Gasteiger partial charge in [-0.1, -0.05) is 6.07 Å². The minimum absolute atomic E-state index is 0.182. The Morgan fingerprint density at radius 1 is 0.951 bits per heavy atom. The van der Waals surface area contributed by atoms with Crippen molar-refractivity contribution in [2.24, 2.45) is 0 Å². The predicted molar refractivity (Wildman–Crippen MR) is 156 cm³/mol. The van der Waals surface area contributed by atoms with Crippen molar-refractivity contribution in [1.82, 2.24) is 9.55 Å². The predicted octanol–water partition coefficient (Wildman–Crippen LogP) is 4.43. The zero-order chi connectivity index (χ0) is 28.0. The lowest BCUT2D eigenvalue weighted by atomic mass is 10.0. The molecule has 1 amide bonds. The lowest BCUT2D eigenvalue weighted by molar-refractivity contribution is -0.169. The molecule has 2 saturated heterocycles. The van der Waals surface area contributed by atoms with Crippen LogP contribution in [0.3, 0.4) is 0 Å². The Hall–Kier alpha value is -4.19. The van der Waals surface area contributed by atoms with Crippen molar-refractivity contribution in [2.75, 3.05) is 43.3 Å². The Morgan fingerprint density at radius 3 is 2.49 bits per heavy atom. The Labute approximate surface area is 240 Å². The number of nitrogens with zero attached hydrogens (tertiary/aromatic N) is 2. The van der Waals surface area contributed by atoms with Crippen LogP contribution in [0.4, 0.5) is 11.4 Å². The zero-order valence-electron chi connectivity index (χ0n) is 22.2. The average Bonchev–Trinajstić information content (AvgIpc) is 3.65. The summed E-state index contributed by atoms with van der Waals surface area (Å²) in [6.45, 7) is 3.49. The number of amides is 1. The van der Waals surface area contributed by atoms with E-state index in [0.717, 1.165) is 37.2 Å². The number of hydrogen-bond acceptors (Lipinski definition) is 8. The van der Waals surface area contributed by atoms with Crippen molar-refractivity contribution in [3.8, 4) is 11.5 Å². The van der Waals surface area contributed by atoms with E-state index < -0.39 is 5.79 Å². The number of anilines is 2. The first-order chi connectivity index (χ1) is 20.0. The lowest BCUT2D eigenvalue weighted by Gasteiger charge is -2.38. The van der Waals surface area contributed by atoms with Crippen molar-refractivity contribution in [3.63, 3.8) is 0 Å². The molecule has 3 aliphatic heterocycles. The van der Waals surface area contributed by atoms with Crippen molar-refractivity contribution in [2.45, 2.75) is 25.2 Å². The maximum atomic E-state index is 13.3. The van der Waals surface area contributed by atoms with Crippen LogP contribution in [0.25, 0.3) is 10.9 Å². The highest BCUT2D eigenvalue weighted by molar-refractivity contribution is 7.71. The first-order valence-corrected chi connectivity index (χ1v) is 14.0. The molecule has 2 fully saturated rings. The van der Waals surface area contributed by atoms with Crippen molar-refractivity contribution < 1.29 is 23.7 Å². The highest BCUT2D eigenvalue weighted by atomic mass is 32.1. The summed E-state index contributed by atoms with van der Waals surface area (Å²) in [5.41, 5.74) is 3.31. The third-order valence-electron chi connectivity index (χ3n) is 7.85. The molecule has 10 nitrogen and oxygen atoms in total. The fraction of sp³-hybridized carbons (Fsp3) is 0.300. The van der Waals surface area contributed by atoms with Gasteiger partial charge in [-0.15, -0.1) is 0 Å². The highest BCUT2D eigenvalue weighted by Gasteiger charge is 2.39. The number of carbonyl (C=O) groups is 1. The molecule has 2 N–H and O–H groups in total. The minimum Gasteiger partial charge on any atom is -0.454 e. The molecule has 1 aromatic heterocycles. The number of aromatic nitrogens is 2. The first kappa shape index (κ1) is 25.8. The number of piperidine rings is 1. The third kappa shape index (κ3) is 4.96. The van der Waals surface area contributed by atoms with Crippen molar-refractivity contribution in [3.05, 3.63) is 86.9 Å². The summed E-state index contributed by atoms with van der Waals surface area (Å²) >= 11 is 5.51. The van der Waals surface area contributed by atoms with Crippen molar-refractivity contribution >= 4 is 40.4 Å². The number of hydrogen-bond donors (Lipinski definition) is 2. The van der Waals surface area contributed by atoms with Gasteiger partial charge in [0.15, 0.2) is 22.1 Å². The maximum absolute atomic E-state index is 13.3. The van der Waals surface area contributed by atoms with Crippen LogP contribution in [-0.2, 0) is 16.0 Å². The number of nitrogens with one attached hydrogen (secondary N) is 2. The molecule has 0 bridgehead atoms. The van der Waals surface area contributed by atoms with E-state index in [4.69, 9.17) is 31.2 Å². The molecule has 0 atom stereocenters. The van der Waals surface area contributed by atoms with Crippen LogP contribution >= 0.6 is 12.2 Å². The van der Waals surface area contributed by atoms with Gasteiger partial charge in [-0.05, 0) is 72.4 Å². The molecule has 11 heteroatoms. The van der Waals surface area contributed by atoms with Crippen LogP contribution in [0.2, 0.25) is 0 Å². The van der Waals surface area contributed by atoms with Gasteiger partial charge in [0.25, 0.3) is 11.5 Å². The van der Waals surface area contributed by atoms with Gasteiger partial charge in [0.1, 0.15) is 0 Å². The van der Waals surface area contributed by atoms with Crippen LogP contribution < -0.4 is 25.2 Å². The number of ether oxygens (including phenoxy) is 4. The van der Waals surface area contributed by atoms with Crippen molar-refractivity contribution in [1.29, 1.82) is 0 Å². The highest BCUT2D eigenvalue weighted by Crippen LogP contribution is 2.34. The van der Waals surface area contributed by atoms with E-state index in [9.17, 15) is 9.59 Å². The molecule has 1 spiro atoms. The van der Waals surface area contributed by atoms with Gasteiger partial charge < -0.3 is 34.1 Å². The molecule has 0 aliphatic carbocycles. The van der Waals surface area contributed by atoms with Gasteiger partial charge in [-0.3, -0.25) is 14.2 Å². The van der Waals surface area contributed by atoms with Gasteiger partial charge in [0.2, 0.25) is 6.79 Å². The van der Waals surface area contributed by atoms with Crippen LogP contribution in [0.1, 0.15) is 28.8 Å². The van der Waals surface area contributed by atoms with E-state index >= 15 is 0 Å².